The molecule has 0 amide bonds. The average Bonchev–Trinajstić information content (AvgIpc) is 3.97. The van der Waals surface area contributed by atoms with E-state index >= 15 is 0 Å². The van der Waals surface area contributed by atoms with E-state index in [1.165, 1.54) is 15.4 Å². The molecule has 7 heteroatoms. The summed E-state index contributed by atoms with van der Waals surface area (Å²) in [4.78, 5) is 14.2. The molecule has 0 unspecified atom stereocenters. The first-order chi connectivity index (χ1) is 21.6. The molecule has 236 valence electrons. The van der Waals surface area contributed by atoms with Gasteiger partial charge in [-0.1, -0.05) is 67.1 Å². The molecular formula is C38H44N2O4S. The van der Waals surface area contributed by atoms with Crippen LogP contribution in [0.25, 0.3) is 10.9 Å². The molecule has 3 aliphatic rings. The van der Waals surface area contributed by atoms with E-state index in [0.29, 0.717) is 43.5 Å². The van der Waals surface area contributed by atoms with Crippen molar-refractivity contribution in [2.75, 3.05) is 11.4 Å². The fourth-order valence-corrected chi connectivity index (χ4v) is 9.65. The van der Waals surface area contributed by atoms with Crippen LogP contribution in [0, 0.1) is 12.8 Å². The number of nitrogens with zero attached hydrogens (tertiary/aromatic N) is 2. The van der Waals surface area contributed by atoms with Gasteiger partial charge in [0, 0.05) is 37.2 Å². The first-order valence-electron chi connectivity index (χ1n) is 16.5. The van der Waals surface area contributed by atoms with Gasteiger partial charge in [-0.3, -0.25) is 9.10 Å². The van der Waals surface area contributed by atoms with Crippen LogP contribution in [0.4, 0.5) is 5.69 Å². The number of aliphatic hydroxyl groups is 1. The number of aliphatic hydroxyl groups excluding tert-OH is 1. The largest absolute Gasteiger partial charge is 0.393 e. The van der Waals surface area contributed by atoms with Gasteiger partial charge >= 0.3 is 0 Å². The number of aromatic nitrogens is 1. The maximum Gasteiger partial charge on any atom is 0.242 e. The Kier molecular flexibility index (Phi) is 7.48. The van der Waals surface area contributed by atoms with Crippen molar-refractivity contribution >= 4 is 32.4 Å². The summed E-state index contributed by atoms with van der Waals surface area (Å²) in [6, 6.07) is 22.6. The van der Waals surface area contributed by atoms with Gasteiger partial charge < -0.3 is 9.67 Å². The van der Waals surface area contributed by atoms with Crippen LogP contribution in [0.2, 0.25) is 0 Å². The maximum absolute atomic E-state index is 14.2. The molecule has 3 aromatic carbocycles. The first-order valence-corrected chi connectivity index (χ1v) is 18.0. The molecule has 0 radical (unpaired) electrons. The number of carbonyl (C=O) groups excluding carboxylic acids is 1. The van der Waals surface area contributed by atoms with E-state index in [1.54, 1.807) is 13.1 Å². The van der Waals surface area contributed by atoms with Crippen molar-refractivity contribution in [1.29, 1.82) is 0 Å². The average molecular weight is 625 g/mol. The van der Waals surface area contributed by atoms with E-state index < -0.39 is 20.9 Å². The van der Waals surface area contributed by atoms with Crippen LogP contribution in [0.15, 0.2) is 72.9 Å². The number of aryl methyl sites for hydroxylation is 2. The Balaban J connectivity index is 1.18. The van der Waals surface area contributed by atoms with Gasteiger partial charge in [0.05, 0.1) is 17.3 Å². The lowest BCUT2D eigenvalue weighted by Crippen LogP contribution is -2.38. The number of benzene rings is 3. The Morgan fingerprint density at radius 1 is 1.00 bits per heavy atom. The van der Waals surface area contributed by atoms with E-state index in [4.69, 9.17) is 0 Å². The lowest BCUT2D eigenvalue weighted by molar-refractivity contribution is 0.0733. The fourth-order valence-electron chi connectivity index (χ4n) is 7.75. The van der Waals surface area contributed by atoms with Gasteiger partial charge in [-0.05, 0) is 98.4 Å². The predicted octanol–water partition coefficient (Wildman–Crippen LogP) is 7.13. The molecule has 1 aliphatic heterocycles. The van der Waals surface area contributed by atoms with Gasteiger partial charge in [0.15, 0.2) is 5.78 Å². The Morgan fingerprint density at radius 2 is 1.76 bits per heavy atom. The maximum atomic E-state index is 14.2. The van der Waals surface area contributed by atoms with Crippen LogP contribution in [0.5, 0.6) is 0 Å². The highest BCUT2D eigenvalue weighted by molar-refractivity contribution is 7.94. The summed E-state index contributed by atoms with van der Waals surface area (Å²) in [7, 11) is -1.93. The molecule has 1 N–H and O–H groups in total. The van der Waals surface area contributed by atoms with Gasteiger partial charge in [-0.15, -0.1) is 0 Å². The summed E-state index contributed by atoms with van der Waals surface area (Å²) in [5, 5.41) is 12.6. The zero-order chi connectivity index (χ0) is 31.6. The minimum absolute atomic E-state index is 0.0565. The summed E-state index contributed by atoms with van der Waals surface area (Å²) in [6.07, 6.45) is 8.15. The molecular weight excluding hydrogens is 580 g/mol. The molecule has 6 nitrogen and oxygen atoms in total. The third-order valence-corrected chi connectivity index (χ3v) is 13.5. The highest BCUT2D eigenvalue weighted by Crippen LogP contribution is 2.53. The van der Waals surface area contributed by atoms with E-state index in [2.05, 4.69) is 61.0 Å². The van der Waals surface area contributed by atoms with Crippen molar-refractivity contribution in [2.45, 2.75) is 94.4 Å². The number of Topliss-reactive ketones (excluding diaryl/α,β-unsaturated/α-hetero) is 1. The topological polar surface area (TPSA) is 79.6 Å². The number of hydrogen-bond donors (Lipinski definition) is 1. The second kappa shape index (κ2) is 11.1. The first kappa shape index (κ1) is 30.2. The molecule has 2 atom stereocenters. The molecule has 45 heavy (non-hydrogen) atoms. The summed E-state index contributed by atoms with van der Waals surface area (Å²) < 4.78 is 30.2. The van der Waals surface area contributed by atoms with Gasteiger partial charge in [0.2, 0.25) is 10.0 Å². The molecule has 0 saturated heterocycles. The van der Waals surface area contributed by atoms with Crippen LogP contribution < -0.4 is 4.31 Å². The smallest absolute Gasteiger partial charge is 0.242 e. The number of hydrogen-bond acceptors (Lipinski definition) is 4. The van der Waals surface area contributed by atoms with Crippen molar-refractivity contribution in [3.63, 3.8) is 0 Å². The van der Waals surface area contributed by atoms with Gasteiger partial charge in [0.25, 0.3) is 0 Å². The van der Waals surface area contributed by atoms with Crippen molar-refractivity contribution in [3.8, 4) is 0 Å². The lowest BCUT2D eigenvalue weighted by Gasteiger charge is -2.26. The zero-order valence-electron chi connectivity index (χ0n) is 26.6. The number of sulfonamides is 1. The molecule has 2 saturated carbocycles. The monoisotopic (exact) mass is 624 g/mol. The standard InChI is InChI=1S/C38H44N2O4S/c1-4-28-24-40-25-38(17-18-38)45(43,44)39(3)33-22-30(21-32(28)36(33)40)35(42)23-29(20-27-10-6-5-7-11-27)34(41)13-14-37(15-16-37)31-12-8-9-26(2)19-31/h5-12,19,21-22,24,29,34,41H,4,13-18,20,23,25H2,1-3H3/t29-,34-/m1/s1. The van der Waals surface area contributed by atoms with E-state index in [1.807, 2.05) is 24.3 Å². The minimum atomic E-state index is -3.57. The van der Waals surface area contributed by atoms with Crippen LogP contribution in [0.1, 0.15) is 84.5 Å². The SMILES string of the molecule is CCc1cn2c3c(cc(C(=O)C[C@@H](Cc4ccccc4)[C@H](O)CCC4(c5cccc(C)c5)CC4)cc13)N(C)S(=O)(=O)C1(CC1)C2. The zero-order valence-corrected chi connectivity index (χ0v) is 27.4. The second-order valence-electron chi connectivity index (χ2n) is 14.0. The minimum Gasteiger partial charge on any atom is -0.393 e. The third kappa shape index (κ3) is 5.32. The molecule has 7 rings (SSSR count). The summed E-state index contributed by atoms with van der Waals surface area (Å²) in [5.74, 6) is -0.312. The van der Waals surface area contributed by atoms with Gasteiger partial charge in [0.1, 0.15) is 4.75 Å². The number of anilines is 1. The molecule has 2 fully saturated rings. The van der Waals surface area contributed by atoms with Gasteiger partial charge in [-0.2, -0.15) is 0 Å². The number of ketones is 1. The third-order valence-electron chi connectivity index (χ3n) is 11.0. The molecule has 1 aromatic heterocycles. The Hall–Kier alpha value is -3.42. The Bertz CT molecular complexity index is 1870. The molecule has 4 aromatic rings. The fraction of sp³-hybridized carbons (Fsp3) is 0.447. The molecule has 2 heterocycles. The van der Waals surface area contributed by atoms with Crippen molar-refractivity contribution in [1.82, 2.24) is 4.57 Å². The summed E-state index contributed by atoms with van der Waals surface area (Å²) >= 11 is 0. The lowest BCUT2D eigenvalue weighted by atomic mass is 9.82. The number of carbonyl (C=O) groups is 1. The van der Waals surface area contributed by atoms with E-state index in [9.17, 15) is 18.3 Å². The molecule has 2 aliphatic carbocycles. The van der Waals surface area contributed by atoms with Crippen molar-refractivity contribution < 1.29 is 18.3 Å². The molecule has 0 bridgehead atoms. The van der Waals surface area contributed by atoms with Crippen LogP contribution in [-0.2, 0) is 34.8 Å². The number of rotatable bonds is 11. The van der Waals surface area contributed by atoms with Crippen molar-refractivity contribution in [2.24, 2.45) is 5.92 Å². The predicted molar refractivity (Wildman–Crippen MR) is 181 cm³/mol. The highest BCUT2D eigenvalue weighted by Gasteiger charge is 2.58. The quantitative estimate of drug-likeness (QED) is 0.180. The van der Waals surface area contributed by atoms with Crippen LogP contribution in [-0.4, -0.2) is 41.8 Å². The van der Waals surface area contributed by atoms with E-state index in [0.717, 1.165) is 47.7 Å². The van der Waals surface area contributed by atoms with Gasteiger partial charge in [-0.25, -0.2) is 8.42 Å². The summed E-state index contributed by atoms with van der Waals surface area (Å²) in [6.45, 7) is 4.67. The van der Waals surface area contributed by atoms with Crippen LogP contribution >= 0.6 is 0 Å². The van der Waals surface area contributed by atoms with E-state index in [-0.39, 0.29) is 23.5 Å². The van der Waals surface area contributed by atoms with Crippen LogP contribution in [0.3, 0.4) is 0 Å². The second-order valence-corrected chi connectivity index (χ2v) is 16.4. The van der Waals surface area contributed by atoms with Crippen molar-refractivity contribution in [3.05, 3.63) is 101 Å². The normalized spacial score (nSPS) is 20.1. The highest BCUT2D eigenvalue weighted by atomic mass is 32.2. The summed E-state index contributed by atoms with van der Waals surface area (Å²) in [5.41, 5.74) is 6.94. The Morgan fingerprint density at radius 3 is 2.42 bits per heavy atom. The Labute approximate surface area is 267 Å². The molecule has 1 spiro atoms.